The number of guanidine groups is 1. The number of rotatable bonds is 4. The van der Waals surface area contributed by atoms with Gasteiger partial charge in [-0.25, -0.2) is 5.84 Å². The van der Waals surface area contributed by atoms with Crippen LogP contribution < -0.4 is 16.6 Å². The predicted octanol–water partition coefficient (Wildman–Crippen LogP) is -0.571. The van der Waals surface area contributed by atoms with Crippen LogP contribution in [0.4, 0.5) is 0 Å². The van der Waals surface area contributed by atoms with Crippen LogP contribution in [-0.4, -0.2) is 28.7 Å². The molecular weight excluding hydrogens is 196 g/mol. The van der Waals surface area contributed by atoms with Gasteiger partial charge in [0.2, 0.25) is 11.9 Å². The average Bonchev–Trinajstić information content (AvgIpc) is 2.68. The van der Waals surface area contributed by atoms with Crippen molar-refractivity contribution in [2.24, 2.45) is 10.8 Å². The highest BCUT2D eigenvalue weighted by atomic mass is 16.5. The van der Waals surface area contributed by atoms with Crippen LogP contribution in [0.25, 0.3) is 0 Å². The molecule has 0 spiro atoms. The third kappa shape index (κ3) is 4.41. The third-order valence-electron chi connectivity index (χ3n) is 1.56. The molecule has 0 aromatic carbocycles. The van der Waals surface area contributed by atoms with Gasteiger partial charge in [-0.2, -0.15) is 4.98 Å². The Hall–Kier alpha value is -1.63. The summed E-state index contributed by atoms with van der Waals surface area (Å²) in [5, 5.41) is 6.55. The third-order valence-corrected chi connectivity index (χ3v) is 1.56. The molecule has 1 aromatic heterocycles. The van der Waals surface area contributed by atoms with Gasteiger partial charge in [-0.3, -0.25) is 10.4 Å². The van der Waals surface area contributed by atoms with Crippen LogP contribution in [0, 0.1) is 0 Å². The number of hydrogen-bond donors (Lipinski definition) is 3. The Balaban J connectivity index is 2.34. The maximum absolute atomic E-state index is 5.29. The van der Waals surface area contributed by atoms with Crippen LogP contribution in [0.2, 0.25) is 0 Å². The Labute approximate surface area is 88.1 Å². The lowest BCUT2D eigenvalue weighted by molar-refractivity contribution is 0.379. The molecular formula is C8H16N6O. The van der Waals surface area contributed by atoms with E-state index in [1.165, 1.54) is 6.33 Å². The minimum Gasteiger partial charge on any atom is -0.353 e. The van der Waals surface area contributed by atoms with Crippen molar-refractivity contribution in [2.45, 2.75) is 26.3 Å². The molecule has 0 aliphatic carbocycles. The fraction of sp³-hybridized carbons (Fsp3) is 0.625. The van der Waals surface area contributed by atoms with Crippen molar-refractivity contribution in [2.75, 3.05) is 6.54 Å². The van der Waals surface area contributed by atoms with Crippen LogP contribution in [0.15, 0.2) is 15.8 Å². The van der Waals surface area contributed by atoms with Gasteiger partial charge in [-0.15, -0.1) is 0 Å². The first kappa shape index (κ1) is 11.4. The number of hydrogen-bond acceptors (Lipinski definition) is 5. The van der Waals surface area contributed by atoms with Gasteiger partial charge < -0.3 is 9.84 Å². The van der Waals surface area contributed by atoms with Crippen molar-refractivity contribution >= 4 is 5.96 Å². The van der Waals surface area contributed by atoms with Gasteiger partial charge in [-0.05, 0) is 13.8 Å². The van der Waals surface area contributed by atoms with Gasteiger partial charge in [0.15, 0.2) is 6.33 Å². The van der Waals surface area contributed by atoms with Crippen molar-refractivity contribution in [1.29, 1.82) is 0 Å². The summed E-state index contributed by atoms with van der Waals surface area (Å²) in [7, 11) is 0. The van der Waals surface area contributed by atoms with E-state index in [2.05, 4.69) is 25.9 Å². The van der Waals surface area contributed by atoms with Gasteiger partial charge in [0.1, 0.15) is 0 Å². The molecule has 15 heavy (non-hydrogen) atoms. The summed E-state index contributed by atoms with van der Waals surface area (Å²) in [5.41, 5.74) is 2.49. The molecule has 4 N–H and O–H groups in total. The van der Waals surface area contributed by atoms with Crippen molar-refractivity contribution in [3.05, 3.63) is 12.2 Å². The Bertz CT molecular complexity index is 294. The van der Waals surface area contributed by atoms with Crippen LogP contribution in [0.5, 0.6) is 0 Å². The second-order valence-electron chi connectivity index (χ2n) is 3.26. The van der Waals surface area contributed by atoms with E-state index in [4.69, 9.17) is 10.4 Å². The summed E-state index contributed by atoms with van der Waals surface area (Å²) >= 11 is 0. The van der Waals surface area contributed by atoms with Crippen LogP contribution in [0.1, 0.15) is 19.7 Å². The summed E-state index contributed by atoms with van der Waals surface area (Å²) < 4.78 is 4.83. The molecule has 0 unspecified atom stereocenters. The zero-order chi connectivity index (χ0) is 11.1. The number of hydrazine groups is 1. The number of aliphatic imine (C=N–C) groups is 1. The molecule has 7 nitrogen and oxygen atoms in total. The monoisotopic (exact) mass is 212 g/mol. The van der Waals surface area contributed by atoms with E-state index >= 15 is 0 Å². The van der Waals surface area contributed by atoms with Gasteiger partial charge in [0, 0.05) is 12.5 Å². The lowest BCUT2D eigenvalue weighted by Gasteiger charge is -2.11. The normalized spacial score (nSPS) is 11.9. The Kier molecular flexibility index (Phi) is 4.55. The molecule has 0 atom stereocenters. The van der Waals surface area contributed by atoms with Crippen LogP contribution in [-0.2, 0) is 6.42 Å². The molecule has 0 amide bonds. The topological polar surface area (TPSA) is 101 Å². The number of nitrogens with one attached hydrogen (secondary N) is 2. The summed E-state index contributed by atoms with van der Waals surface area (Å²) in [4.78, 5) is 8.08. The summed E-state index contributed by atoms with van der Waals surface area (Å²) in [6.45, 7) is 4.55. The minimum absolute atomic E-state index is 0.281. The number of aromatic nitrogens is 2. The van der Waals surface area contributed by atoms with Crippen molar-refractivity contribution < 1.29 is 4.52 Å². The van der Waals surface area contributed by atoms with Gasteiger partial charge in [0.25, 0.3) is 0 Å². The molecule has 1 rings (SSSR count). The highest BCUT2D eigenvalue weighted by Crippen LogP contribution is 1.92. The SMILES string of the molecule is CC(C)NC(=NCCc1ncno1)NN. The fourth-order valence-electron chi connectivity index (χ4n) is 0.976. The van der Waals surface area contributed by atoms with Gasteiger partial charge >= 0.3 is 0 Å². The molecule has 0 radical (unpaired) electrons. The Morgan fingerprint density at radius 1 is 1.67 bits per heavy atom. The Morgan fingerprint density at radius 3 is 3.00 bits per heavy atom. The van der Waals surface area contributed by atoms with E-state index in [0.717, 1.165) is 0 Å². The van der Waals surface area contributed by atoms with E-state index in [0.29, 0.717) is 24.8 Å². The van der Waals surface area contributed by atoms with E-state index in [1.807, 2.05) is 13.8 Å². The predicted molar refractivity (Wildman–Crippen MR) is 55.9 cm³/mol. The summed E-state index contributed by atoms with van der Waals surface area (Å²) in [6.07, 6.45) is 1.97. The van der Waals surface area contributed by atoms with Crippen molar-refractivity contribution in [3.8, 4) is 0 Å². The molecule has 0 saturated carbocycles. The standard InChI is InChI=1S/C8H16N6O/c1-6(2)13-8(14-9)10-4-3-7-11-5-12-15-7/h5-6H,3-4,9H2,1-2H3,(H2,10,13,14). The van der Waals surface area contributed by atoms with E-state index in [-0.39, 0.29) is 6.04 Å². The average molecular weight is 212 g/mol. The van der Waals surface area contributed by atoms with E-state index < -0.39 is 0 Å². The first-order chi connectivity index (χ1) is 7.22. The lowest BCUT2D eigenvalue weighted by atomic mass is 10.4. The maximum Gasteiger partial charge on any atom is 0.228 e. The summed E-state index contributed by atoms with van der Waals surface area (Å²) in [5.74, 6) is 6.41. The zero-order valence-electron chi connectivity index (χ0n) is 8.90. The van der Waals surface area contributed by atoms with E-state index in [9.17, 15) is 0 Å². The van der Waals surface area contributed by atoms with Gasteiger partial charge in [-0.1, -0.05) is 5.16 Å². The van der Waals surface area contributed by atoms with E-state index in [1.54, 1.807) is 0 Å². The molecule has 1 aromatic rings. The van der Waals surface area contributed by atoms with Crippen LogP contribution >= 0.6 is 0 Å². The number of nitrogens with two attached hydrogens (primary N) is 1. The second-order valence-corrected chi connectivity index (χ2v) is 3.26. The molecule has 1 heterocycles. The molecule has 0 aliphatic heterocycles. The molecule has 84 valence electrons. The first-order valence-corrected chi connectivity index (χ1v) is 4.75. The van der Waals surface area contributed by atoms with Crippen LogP contribution in [0.3, 0.4) is 0 Å². The first-order valence-electron chi connectivity index (χ1n) is 4.75. The molecule has 0 fully saturated rings. The lowest BCUT2D eigenvalue weighted by Crippen LogP contribution is -2.44. The van der Waals surface area contributed by atoms with Crippen molar-refractivity contribution in [3.63, 3.8) is 0 Å². The molecule has 0 aliphatic rings. The number of nitrogens with zero attached hydrogens (tertiary/aromatic N) is 3. The minimum atomic E-state index is 0.281. The highest BCUT2D eigenvalue weighted by Gasteiger charge is 2.00. The molecule has 7 heteroatoms. The largest absolute Gasteiger partial charge is 0.353 e. The maximum atomic E-state index is 5.29. The highest BCUT2D eigenvalue weighted by molar-refractivity contribution is 5.79. The fourth-order valence-corrected chi connectivity index (χ4v) is 0.976. The quantitative estimate of drug-likeness (QED) is 0.267. The Morgan fingerprint density at radius 2 is 2.47 bits per heavy atom. The zero-order valence-corrected chi connectivity index (χ0v) is 8.90. The smallest absolute Gasteiger partial charge is 0.228 e. The summed E-state index contributed by atoms with van der Waals surface area (Å²) in [6, 6.07) is 0.281. The second kappa shape index (κ2) is 5.97. The molecule has 0 saturated heterocycles. The molecule has 0 bridgehead atoms. The van der Waals surface area contributed by atoms with Crippen molar-refractivity contribution in [1.82, 2.24) is 20.9 Å². The van der Waals surface area contributed by atoms with Gasteiger partial charge in [0.05, 0.1) is 6.54 Å².